The second-order valence-corrected chi connectivity index (χ2v) is 10.9. The predicted octanol–water partition coefficient (Wildman–Crippen LogP) is 4.39. The van der Waals surface area contributed by atoms with Crippen molar-refractivity contribution in [1.29, 1.82) is 0 Å². The minimum Gasteiger partial charge on any atom is -0.458 e. The van der Waals surface area contributed by atoms with Crippen molar-refractivity contribution in [3.05, 3.63) is 0 Å². The van der Waals surface area contributed by atoms with Crippen LogP contribution in [0.2, 0.25) is 0 Å². The maximum Gasteiger partial charge on any atom is 0.303 e. The fourth-order valence-corrected chi connectivity index (χ4v) is 8.32. The van der Waals surface area contributed by atoms with E-state index in [0.29, 0.717) is 23.9 Å². The molecule has 4 heteroatoms. The van der Waals surface area contributed by atoms with Gasteiger partial charge in [0.05, 0.1) is 0 Å². The van der Waals surface area contributed by atoms with Crippen LogP contribution in [0.25, 0.3) is 0 Å². The highest BCUT2D eigenvalue weighted by atomic mass is 16.5. The van der Waals surface area contributed by atoms with E-state index in [1.54, 1.807) is 0 Å². The second kappa shape index (κ2) is 7.41. The van der Waals surface area contributed by atoms with Crippen molar-refractivity contribution < 1.29 is 19.4 Å². The zero-order chi connectivity index (χ0) is 20.1. The van der Waals surface area contributed by atoms with Gasteiger partial charge in [-0.05, 0) is 98.2 Å². The van der Waals surface area contributed by atoms with E-state index in [1.807, 2.05) is 0 Å². The number of rotatable bonds is 4. The molecular formula is C24H38O4. The van der Waals surface area contributed by atoms with Gasteiger partial charge in [0.15, 0.2) is 5.78 Å². The Labute approximate surface area is 169 Å². The summed E-state index contributed by atoms with van der Waals surface area (Å²) in [5.41, 5.74) is 0.514. The highest BCUT2D eigenvalue weighted by Gasteiger charge is 2.61. The van der Waals surface area contributed by atoms with Crippen LogP contribution in [0.4, 0.5) is 0 Å². The zero-order valence-corrected chi connectivity index (χ0v) is 17.9. The van der Waals surface area contributed by atoms with Crippen LogP contribution in [0.5, 0.6) is 0 Å². The number of ketones is 1. The average molecular weight is 391 g/mol. The first kappa shape index (κ1) is 20.4. The van der Waals surface area contributed by atoms with Crippen molar-refractivity contribution in [3.8, 4) is 0 Å². The lowest BCUT2D eigenvalue weighted by molar-refractivity contribution is -0.151. The number of Topliss-reactive ketones (excluding diaryl/α,β-unsaturated/α-hetero) is 1. The number of carbonyl (C=O) groups is 2. The Morgan fingerprint density at radius 1 is 0.964 bits per heavy atom. The second-order valence-electron chi connectivity index (χ2n) is 10.9. The lowest BCUT2D eigenvalue weighted by Gasteiger charge is -2.61. The van der Waals surface area contributed by atoms with Crippen molar-refractivity contribution in [2.75, 3.05) is 13.2 Å². The van der Waals surface area contributed by atoms with Crippen LogP contribution in [-0.2, 0) is 14.3 Å². The molecule has 4 nitrogen and oxygen atoms in total. The van der Waals surface area contributed by atoms with Gasteiger partial charge < -0.3 is 9.84 Å². The van der Waals surface area contributed by atoms with Gasteiger partial charge in [0.1, 0.15) is 6.61 Å². The van der Waals surface area contributed by atoms with Crippen LogP contribution < -0.4 is 0 Å². The summed E-state index contributed by atoms with van der Waals surface area (Å²) >= 11 is 0. The topological polar surface area (TPSA) is 63.6 Å². The van der Waals surface area contributed by atoms with E-state index in [9.17, 15) is 14.7 Å². The van der Waals surface area contributed by atoms with E-state index >= 15 is 0 Å². The molecule has 158 valence electrons. The summed E-state index contributed by atoms with van der Waals surface area (Å²) in [5.74, 6) is 3.30. The van der Waals surface area contributed by atoms with Gasteiger partial charge in [-0.3, -0.25) is 9.59 Å². The number of fused-ring (bicyclic) bond motifs is 5. The highest BCUT2D eigenvalue weighted by molar-refractivity contribution is 5.85. The molecule has 4 rings (SSSR count). The first-order chi connectivity index (χ1) is 13.3. The predicted molar refractivity (Wildman–Crippen MR) is 107 cm³/mol. The molecule has 0 amide bonds. The quantitative estimate of drug-likeness (QED) is 0.723. The van der Waals surface area contributed by atoms with E-state index in [1.165, 1.54) is 45.4 Å². The molecule has 0 bridgehead atoms. The molecule has 4 aliphatic carbocycles. The molecule has 4 fully saturated rings. The van der Waals surface area contributed by atoms with Crippen LogP contribution in [0.15, 0.2) is 0 Å². The summed E-state index contributed by atoms with van der Waals surface area (Å²) in [4.78, 5) is 24.0. The summed E-state index contributed by atoms with van der Waals surface area (Å²) < 4.78 is 5.05. The molecule has 0 aliphatic heterocycles. The van der Waals surface area contributed by atoms with E-state index in [2.05, 4.69) is 13.8 Å². The Bertz CT molecular complexity index is 630. The van der Waals surface area contributed by atoms with E-state index in [4.69, 9.17) is 4.74 Å². The Morgan fingerprint density at radius 2 is 1.68 bits per heavy atom. The monoisotopic (exact) mass is 390 g/mol. The van der Waals surface area contributed by atoms with E-state index in [-0.39, 0.29) is 29.7 Å². The summed E-state index contributed by atoms with van der Waals surface area (Å²) in [6.45, 7) is 6.59. The van der Waals surface area contributed by atoms with Crippen LogP contribution in [0.1, 0.15) is 78.6 Å². The number of hydrogen-bond donors (Lipinski definition) is 1. The van der Waals surface area contributed by atoms with Gasteiger partial charge in [0.2, 0.25) is 0 Å². The minimum atomic E-state index is -0.360. The first-order valence-corrected chi connectivity index (χ1v) is 11.6. The van der Waals surface area contributed by atoms with Gasteiger partial charge in [-0.1, -0.05) is 13.8 Å². The van der Waals surface area contributed by atoms with Crippen LogP contribution in [0, 0.1) is 46.3 Å². The summed E-state index contributed by atoms with van der Waals surface area (Å²) in [6, 6.07) is 0. The minimum absolute atomic E-state index is 0.0429. The fraction of sp³-hybridized carbons (Fsp3) is 0.917. The van der Waals surface area contributed by atoms with Crippen LogP contribution >= 0.6 is 0 Å². The fourth-order valence-electron chi connectivity index (χ4n) is 8.32. The smallest absolute Gasteiger partial charge is 0.303 e. The third-order valence-electron chi connectivity index (χ3n) is 9.84. The van der Waals surface area contributed by atoms with Crippen molar-refractivity contribution >= 4 is 11.8 Å². The number of ether oxygens (including phenoxy) is 1. The van der Waals surface area contributed by atoms with Crippen molar-refractivity contribution in [3.63, 3.8) is 0 Å². The number of carbonyl (C=O) groups excluding carboxylic acids is 2. The van der Waals surface area contributed by atoms with Crippen molar-refractivity contribution in [2.45, 2.75) is 78.6 Å². The normalized spacial score (nSPS) is 47.6. The van der Waals surface area contributed by atoms with Gasteiger partial charge >= 0.3 is 5.97 Å². The van der Waals surface area contributed by atoms with Gasteiger partial charge in [-0.25, -0.2) is 0 Å². The van der Waals surface area contributed by atoms with Gasteiger partial charge in [0, 0.05) is 19.4 Å². The molecule has 0 unspecified atom stereocenters. The summed E-state index contributed by atoms with van der Waals surface area (Å²) in [7, 11) is 0. The molecule has 4 saturated carbocycles. The number of hydrogen-bond acceptors (Lipinski definition) is 4. The van der Waals surface area contributed by atoms with Crippen molar-refractivity contribution in [2.24, 2.45) is 46.3 Å². The Morgan fingerprint density at radius 3 is 2.39 bits per heavy atom. The Balaban J connectivity index is 1.50. The molecule has 1 N–H and O–H groups in total. The molecule has 8 atom stereocenters. The average Bonchev–Trinajstić information content (AvgIpc) is 3.02. The van der Waals surface area contributed by atoms with E-state index < -0.39 is 0 Å². The largest absolute Gasteiger partial charge is 0.458 e. The number of esters is 1. The molecule has 28 heavy (non-hydrogen) atoms. The summed E-state index contributed by atoms with van der Waals surface area (Å²) in [5, 5.41) is 9.65. The molecule has 0 spiro atoms. The zero-order valence-electron chi connectivity index (χ0n) is 17.9. The molecule has 0 aromatic carbocycles. The van der Waals surface area contributed by atoms with Gasteiger partial charge in [-0.15, -0.1) is 0 Å². The van der Waals surface area contributed by atoms with E-state index in [0.717, 1.165) is 37.0 Å². The molecule has 4 aliphatic rings. The standard InChI is InChI=1S/C24H38O4/c1-15(26)28-14-22(27)21-7-6-19-18-5-4-17-12-16(13-25)8-10-23(17,2)20(18)9-11-24(19,21)3/h16-21,25H,4-14H2,1-3H3/t16-,17-,18-,19-,20-,21+,23-,24-/m0/s1. The highest BCUT2D eigenvalue weighted by Crippen LogP contribution is 2.67. The van der Waals surface area contributed by atoms with Crippen molar-refractivity contribution in [1.82, 2.24) is 0 Å². The number of aliphatic hydroxyl groups is 1. The van der Waals surface area contributed by atoms with Gasteiger partial charge in [-0.2, -0.15) is 0 Å². The Kier molecular flexibility index (Phi) is 5.39. The molecule has 0 saturated heterocycles. The third-order valence-corrected chi connectivity index (χ3v) is 9.84. The molecular weight excluding hydrogens is 352 g/mol. The maximum atomic E-state index is 12.8. The number of aliphatic hydroxyl groups excluding tert-OH is 1. The molecule has 0 aromatic heterocycles. The maximum absolute atomic E-state index is 12.8. The SMILES string of the molecule is CC(=O)OCC(=O)[C@H]1CC[C@H]2[C@@H]3CC[C@H]4C[C@@H](CO)CC[C@]4(C)[C@H]3CC[C@]12C. The molecule has 0 heterocycles. The first-order valence-electron chi connectivity index (χ1n) is 11.6. The van der Waals surface area contributed by atoms with Crippen LogP contribution in [-0.4, -0.2) is 30.1 Å². The summed E-state index contributed by atoms with van der Waals surface area (Å²) in [6.07, 6.45) is 10.8. The lowest BCUT2D eigenvalue weighted by Crippen LogP contribution is -2.54. The lowest BCUT2D eigenvalue weighted by atomic mass is 9.44. The van der Waals surface area contributed by atoms with Crippen LogP contribution in [0.3, 0.4) is 0 Å². The Hall–Kier alpha value is -0.900. The third kappa shape index (κ3) is 3.14. The molecule has 0 aromatic rings. The van der Waals surface area contributed by atoms with Gasteiger partial charge in [0.25, 0.3) is 0 Å². The molecule has 0 radical (unpaired) electrons.